The van der Waals surface area contributed by atoms with E-state index in [4.69, 9.17) is 4.74 Å². The van der Waals surface area contributed by atoms with Gasteiger partial charge in [0.25, 0.3) is 11.8 Å². The maximum atomic E-state index is 13.0. The summed E-state index contributed by atoms with van der Waals surface area (Å²) in [5, 5.41) is 2.78. The smallest absolute Gasteiger partial charge is 0.255 e. The quantitative estimate of drug-likeness (QED) is 0.644. The summed E-state index contributed by atoms with van der Waals surface area (Å²) in [7, 11) is -2.47. The molecule has 0 radical (unpaired) electrons. The maximum Gasteiger partial charge on any atom is 0.255 e. The zero-order valence-corrected chi connectivity index (χ0v) is 19.5. The highest BCUT2D eigenvalue weighted by Gasteiger charge is 2.27. The molecule has 0 spiro atoms. The van der Waals surface area contributed by atoms with Crippen LogP contribution in [0, 0.1) is 0 Å². The first-order valence-corrected chi connectivity index (χ1v) is 12.8. The lowest BCUT2D eigenvalue weighted by Gasteiger charge is -2.18. The molecule has 2 aliphatic rings. The standard InChI is InChI=1S/C24H29N3O5S/c1-32-21-13-12-17(16-22(21)33(30,31)26-18-8-2-3-9-18)23(28)25-20-11-5-4-10-19(20)24(29)27-14-6-7-15-27/h4-5,10-13,16,18,26H,2-3,6-9,14-15H2,1H3,(H,25,28). The van der Waals surface area contributed by atoms with Gasteiger partial charge in [0.05, 0.1) is 18.4 Å². The number of carbonyl (C=O) groups excluding carboxylic acids is 2. The van der Waals surface area contributed by atoms with Crippen molar-refractivity contribution in [3.05, 3.63) is 53.6 Å². The second-order valence-electron chi connectivity index (χ2n) is 8.47. The Balaban J connectivity index is 1.58. The van der Waals surface area contributed by atoms with E-state index in [1.807, 2.05) is 0 Å². The second-order valence-corrected chi connectivity index (χ2v) is 10.1. The van der Waals surface area contributed by atoms with E-state index in [0.29, 0.717) is 24.3 Å². The van der Waals surface area contributed by atoms with Crippen molar-refractivity contribution in [3.63, 3.8) is 0 Å². The Morgan fingerprint density at radius 3 is 2.39 bits per heavy atom. The molecule has 2 aromatic rings. The molecule has 176 valence electrons. The Kier molecular flexibility index (Phi) is 6.99. The van der Waals surface area contributed by atoms with Gasteiger partial charge in [-0.3, -0.25) is 9.59 Å². The van der Waals surface area contributed by atoms with Crippen molar-refractivity contribution in [2.45, 2.75) is 49.5 Å². The average Bonchev–Trinajstić information content (AvgIpc) is 3.53. The molecule has 0 atom stereocenters. The zero-order chi connectivity index (χ0) is 23.4. The molecule has 1 aliphatic carbocycles. The van der Waals surface area contributed by atoms with Gasteiger partial charge in [0, 0.05) is 24.7 Å². The van der Waals surface area contributed by atoms with Gasteiger partial charge in [-0.15, -0.1) is 0 Å². The molecule has 9 heteroatoms. The van der Waals surface area contributed by atoms with Crippen LogP contribution in [0.25, 0.3) is 0 Å². The number of nitrogens with one attached hydrogen (secondary N) is 2. The molecular weight excluding hydrogens is 442 g/mol. The molecule has 1 saturated heterocycles. The van der Waals surface area contributed by atoms with Crippen molar-refractivity contribution in [1.29, 1.82) is 0 Å². The minimum atomic E-state index is -3.86. The molecule has 2 N–H and O–H groups in total. The highest BCUT2D eigenvalue weighted by atomic mass is 32.2. The molecule has 2 aromatic carbocycles. The van der Waals surface area contributed by atoms with Gasteiger partial charge in [-0.1, -0.05) is 25.0 Å². The van der Waals surface area contributed by atoms with E-state index < -0.39 is 15.9 Å². The largest absolute Gasteiger partial charge is 0.495 e. The Bertz CT molecular complexity index is 1140. The zero-order valence-electron chi connectivity index (χ0n) is 18.7. The van der Waals surface area contributed by atoms with Crippen molar-refractivity contribution in [2.24, 2.45) is 0 Å². The molecule has 1 saturated carbocycles. The first-order valence-electron chi connectivity index (χ1n) is 11.3. The van der Waals surface area contributed by atoms with Crippen LogP contribution in [-0.4, -0.2) is 51.4 Å². The van der Waals surface area contributed by atoms with Gasteiger partial charge < -0.3 is 15.0 Å². The van der Waals surface area contributed by atoms with Gasteiger partial charge in [0.15, 0.2) is 0 Å². The Morgan fingerprint density at radius 1 is 1.00 bits per heavy atom. The van der Waals surface area contributed by atoms with Gasteiger partial charge in [0.2, 0.25) is 10.0 Å². The number of methoxy groups -OCH3 is 1. The Morgan fingerprint density at radius 2 is 1.70 bits per heavy atom. The summed E-state index contributed by atoms with van der Waals surface area (Å²) in [4.78, 5) is 27.6. The summed E-state index contributed by atoms with van der Waals surface area (Å²) in [6.07, 6.45) is 5.51. The predicted molar refractivity (Wildman–Crippen MR) is 125 cm³/mol. The molecule has 2 fully saturated rings. The number of hydrogen-bond acceptors (Lipinski definition) is 5. The third-order valence-electron chi connectivity index (χ3n) is 6.19. The number of carbonyl (C=O) groups is 2. The summed E-state index contributed by atoms with van der Waals surface area (Å²) in [6.45, 7) is 1.41. The van der Waals surface area contributed by atoms with Crippen LogP contribution in [0.2, 0.25) is 0 Å². The van der Waals surface area contributed by atoms with Crippen LogP contribution < -0.4 is 14.8 Å². The van der Waals surface area contributed by atoms with Gasteiger partial charge in [-0.25, -0.2) is 13.1 Å². The monoisotopic (exact) mass is 471 g/mol. The van der Waals surface area contributed by atoms with Gasteiger partial charge in [0.1, 0.15) is 10.6 Å². The lowest BCUT2D eigenvalue weighted by Crippen LogP contribution is -2.33. The number of benzene rings is 2. The number of amides is 2. The number of hydrogen-bond donors (Lipinski definition) is 2. The van der Waals surface area contributed by atoms with Crippen LogP contribution in [0.1, 0.15) is 59.2 Å². The van der Waals surface area contributed by atoms with E-state index in [1.165, 1.54) is 25.3 Å². The van der Waals surface area contributed by atoms with Crippen LogP contribution in [0.3, 0.4) is 0 Å². The maximum absolute atomic E-state index is 13.0. The van der Waals surface area contributed by atoms with Crippen LogP contribution in [0.4, 0.5) is 5.69 Å². The van der Waals surface area contributed by atoms with Gasteiger partial charge in [-0.05, 0) is 56.0 Å². The predicted octanol–water partition coefficient (Wildman–Crippen LogP) is 3.40. The molecule has 4 rings (SSSR count). The number of rotatable bonds is 7. The van der Waals surface area contributed by atoms with Crippen molar-refractivity contribution in [1.82, 2.24) is 9.62 Å². The SMILES string of the molecule is COc1ccc(C(=O)Nc2ccccc2C(=O)N2CCCC2)cc1S(=O)(=O)NC1CCCC1. The molecule has 1 heterocycles. The number of sulfonamides is 1. The van der Waals surface area contributed by atoms with E-state index in [0.717, 1.165) is 38.5 Å². The molecule has 1 aliphatic heterocycles. The minimum absolute atomic E-state index is 0.0778. The number of anilines is 1. The number of ether oxygens (including phenoxy) is 1. The fourth-order valence-electron chi connectivity index (χ4n) is 4.42. The van der Waals surface area contributed by atoms with Gasteiger partial charge in [-0.2, -0.15) is 0 Å². The fourth-order valence-corrected chi connectivity index (χ4v) is 5.92. The van der Waals surface area contributed by atoms with Crippen LogP contribution in [-0.2, 0) is 10.0 Å². The molecule has 33 heavy (non-hydrogen) atoms. The number of nitrogens with zero attached hydrogens (tertiary/aromatic N) is 1. The van der Waals surface area contributed by atoms with Crippen LogP contribution in [0.15, 0.2) is 47.4 Å². The van der Waals surface area contributed by atoms with Crippen LogP contribution in [0.5, 0.6) is 5.75 Å². The molecule has 0 unspecified atom stereocenters. The van der Waals surface area contributed by atoms with E-state index in [1.54, 1.807) is 29.2 Å². The van der Waals surface area contributed by atoms with Crippen molar-refractivity contribution in [3.8, 4) is 5.75 Å². The lowest BCUT2D eigenvalue weighted by molar-refractivity contribution is 0.0794. The number of para-hydroxylation sites is 1. The first kappa shape index (κ1) is 23.3. The third kappa shape index (κ3) is 5.20. The van der Waals surface area contributed by atoms with E-state index in [9.17, 15) is 18.0 Å². The molecular formula is C24H29N3O5S. The van der Waals surface area contributed by atoms with Crippen LogP contribution >= 0.6 is 0 Å². The summed E-state index contributed by atoms with van der Waals surface area (Å²) < 4.78 is 34.0. The fraction of sp³-hybridized carbons (Fsp3) is 0.417. The summed E-state index contributed by atoms with van der Waals surface area (Å²) in [6, 6.07) is 11.0. The van der Waals surface area contributed by atoms with E-state index >= 15 is 0 Å². The molecule has 0 aromatic heterocycles. The second kappa shape index (κ2) is 9.93. The summed E-state index contributed by atoms with van der Waals surface area (Å²) in [5.74, 6) is -0.458. The summed E-state index contributed by atoms with van der Waals surface area (Å²) >= 11 is 0. The van der Waals surface area contributed by atoms with E-state index in [-0.39, 0.29) is 28.2 Å². The van der Waals surface area contributed by atoms with E-state index in [2.05, 4.69) is 10.0 Å². The first-order chi connectivity index (χ1) is 15.9. The minimum Gasteiger partial charge on any atom is -0.495 e. The lowest BCUT2D eigenvalue weighted by atomic mass is 10.1. The highest BCUT2D eigenvalue weighted by molar-refractivity contribution is 7.89. The van der Waals surface area contributed by atoms with Crippen molar-refractivity contribution in [2.75, 3.05) is 25.5 Å². The molecule has 8 nitrogen and oxygen atoms in total. The third-order valence-corrected chi connectivity index (χ3v) is 7.73. The molecule has 2 amide bonds. The van der Waals surface area contributed by atoms with Crippen molar-refractivity contribution < 1.29 is 22.7 Å². The molecule has 0 bridgehead atoms. The van der Waals surface area contributed by atoms with Crippen molar-refractivity contribution >= 4 is 27.5 Å². The number of likely N-dealkylation sites (tertiary alicyclic amines) is 1. The van der Waals surface area contributed by atoms with Gasteiger partial charge >= 0.3 is 0 Å². The topological polar surface area (TPSA) is 105 Å². The summed E-state index contributed by atoms with van der Waals surface area (Å²) in [5.41, 5.74) is 0.965. The highest BCUT2D eigenvalue weighted by Crippen LogP contribution is 2.28. The Hall–Kier alpha value is -2.91. The average molecular weight is 472 g/mol. The Labute approximate surface area is 194 Å². The normalized spacial score (nSPS) is 16.7.